The smallest absolute Gasteiger partial charge is 0.436 e. The number of guanidine groups is 1. The molecule has 2 aliphatic heterocycles. The van der Waals surface area contributed by atoms with Crippen molar-refractivity contribution in [3.8, 4) is 6.07 Å². The van der Waals surface area contributed by atoms with Crippen LogP contribution in [0.3, 0.4) is 0 Å². The van der Waals surface area contributed by atoms with Gasteiger partial charge in [0.15, 0.2) is 0 Å². The van der Waals surface area contributed by atoms with Gasteiger partial charge in [-0.3, -0.25) is 9.69 Å². The van der Waals surface area contributed by atoms with Crippen molar-refractivity contribution in [2.75, 3.05) is 46.0 Å². The maximum Gasteiger partial charge on any atom is 0.436 e. The fourth-order valence-corrected chi connectivity index (χ4v) is 4.68. The molecule has 0 saturated carbocycles. The molecule has 0 bridgehead atoms. The molecule has 2 unspecified atom stereocenters. The van der Waals surface area contributed by atoms with E-state index in [9.17, 15) is 14.9 Å². The van der Waals surface area contributed by atoms with Crippen molar-refractivity contribution in [3.63, 3.8) is 0 Å². The van der Waals surface area contributed by atoms with Gasteiger partial charge in [0.2, 0.25) is 11.9 Å². The molecule has 2 heterocycles. The second-order valence-corrected chi connectivity index (χ2v) is 10.9. The summed E-state index contributed by atoms with van der Waals surface area (Å²) in [5.74, 6) is 0.00846. The van der Waals surface area contributed by atoms with E-state index in [1.165, 1.54) is 0 Å². The number of carbonyl (C=O) groups is 2. The van der Waals surface area contributed by atoms with Crippen LogP contribution in [0.2, 0.25) is 0 Å². The minimum atomic E-state index is -0.980. The van der Waals surface area contributed by atoms with Crippen LogP contribution >= 0.6 is 0 Å². The number of rotatable bonds is 6. The van der Waals surface area contributed by atoms with E-state index in [-0.39, 0.29) is 23.5 Å². The Balaban J connectivity index is 2.31. The first-order valence-corrected chi connectivity index (χ1v) is 12.2. The van der Waals surface area contributed by atoms with Gasteiger partial charge in [-0.15, -0.1) is 4.99 Å². The van der Waals surface area contributed by atoms with Crippen molar-refractivity contribution >= 4 is 18.0 Å². The van der Waals surface area contributed by atoms with E-state index in [2.05, 4.69) is 47.4 Å². The molecule has 34 heavy (non-hydrogen) atoms. The molecule has 192 valence electrons. The summed E-state index contributed by atoms with van der Waals surface area (Å²) in [7, 11) is 0. The Morgan fingerprint density at radius 1 is 1.24 bits per heavy atom. The number of nitrogens with zero attached hydrogens (tertiary/aromatic N) is 4. The van der Waals surface area contributed by atoms with Crippen LogP contribution in [0.5, 0.6) is 0 Å². The predicted octanol–water partition coefficient (Wildman–Crippen LogP) is 2.11. The molecule has 0 aromatic rings. The van der Waals surface area contributed by atoms with E-state index >= 15 is 0 Å². The predicted molar refractivity (Wildman–Crippen MR) is 130 cm³/mol. The Kier molecular flexibility index (Phi) is 9.31. The Labute approximate surface area is 204 Å². The lowest BCUT2D eigenvalue weighted by Crippen LogP contribution is -2.59. The van der Waals surface area contributed by atoms with Crippen LogP contribution in [0.1, 0.15) is 61.3 Å². The van der Waals surface area contributed by atoms with Gasteiger partial charge in [0.25, 0.3) is 0 Å². The Morgan fingerprint density at radius 2 is 1.88 bits per heavy atom. The molecular weight excluding hydrogens is 436 g/mol. The maximum absolute atomic E-state index is 13.6. The molecule has 2 aliphatic rings. The van der Waals surface area contributed by atoms with E-state index in [1.807, 2.05) is 25.7 Å². The van der Waals surface area contributed by atoms with E-state index in [0.29, 0.717) is 51.6 Å². The number of hydrogen-bond acceptors (Lipinski definition) is 6. The minimum Gasteiger partial charge on any atom is -0.448 e. The summed E-state index contributed by atoms with van der Waals surface area (Å²) in [5.41, 5.74) is -1.37. The van der Waals surface area contributed by atoms with Crippen molar-refractivity contribution in [2.45, 2.75) is 78.4 Å². The van der Waals surface area contributed by atoms with E-state index in [1.54, 1.807) is 6.92 Å². The number of likely N-dealkylation sites (N-methyl/N-ethyl adjacent to an activating group) is 1. The first kappa shape index (κ1) is 27.9. The summed E-state index contributed by atoms with van der Waals surface area (Å²) in [5, 5.41) is 16.3. The minimum absolute atomic E-state index is 0.195. The number of hydrogen-bond donors (Lipinski definition) is 2. The molecule has 2 rings (SSSR count). The van der Waals surface area contributed by atoms with E-state index in [4.69, 9.17) is 9.47 Å². The van der Waals surface area contributed by atoms with Gasteiger partial charge >= 0.3 is 6.09 Å². The molecule has 10 heteroatoms. The van der Waals surface area contributed by atoms with Crippen LogP contribution in [0.4, 0.5) is 4.79 Å². The van der Waals surface area contributed by atoms with Gasteiger partial charge < -0.3 is 25.0 Å². The molecule has 10 nitrogen and oxygen atoms in total. The molecule has 0 aromatic carbocycles. The molecule has 0 aromatic heterocycles. The highest BCUT2D eigenvalue weighted by molar-refractivity contribution is 5.94. The Bertz CT molecular complexity index is 794. The van der Waals surface area contributed by atoms with Gasteiger partial charge in [-0.1, -0.05) is 27.7 Å². The number of aliphatic imine (C=N–C) groups is 1. The zero-order valence-electron chi connectivity index (χ0n) is 21.9. The van der Waals surface area contributed by atoms with Crippen molar-refractivity contribution in [1.82, 2.24) is 20.4 Å². The standard InChI is InChI=1S/C24H42N6O4/c1-8-30-17-24(16-25,15-23(30,6)7)28-19(31)18(14-22(3,4)5)26-20(27-21(32)34-9-2)29-10-12-33-13-11-29/h18H,8-15,17H2,1-7H3,(H,28,31)(H,26,27,32). The molecule has 0 spiro atoms. The Hall–Kier alpha value is -2.38. The summed E-state index contributed by atoms with van der Waals surface area (Å²) in [4.78, 5) is 34.0. The monoisotopic (exact) mass is 478 g/mol. The fraction of sp³-hybridized carbons (Fsp3) is 0.833. The highest BCUT2D eigenvalue weighted by Gasteiger charge is 2.49. The zero-order valence-corrected chi connectivity index (χ0v) is 21.9. The molecule has 0 radical (unpaired) electrons. The van der Waals surface area contributed by atoms with Crippen molar-refractivity contribution in [2.24, 2.45) is 10.4 Å². The number of ether oxygens (including phenoxy) is 2. The molecular formula is C24H42N6O4. The number of amides is 2. The second-order valence-electron chi connectivity index (χ2n) is 10.9. The zero-order chi connectivity index (χ0) is 25.6. The number of morpholine rings is 1. The molecule has 0 aliphatic carbocycles. The van der Waals surface area contributed by atoms with Crippen LogP contribution in [0, 0.1) is 16.7 Å². The maximum atomic E-state index is 13.6. The van der Waals surface area contributed by atoms with Crippen LogP contribution in [-0.2, 0) is 14.3 Å². The number of likely N-dealkylation sites (tertiary alicyclic amines) is 1. The van der Waals surface area contributed by atoms with Gasteiger partial charge in [-0.2, -0.15) is 5.26 Å². The highest BCUT2D eigenvalue weighted by Crippen LogP contribution is 2.35. The first-order valence-electron chi connectivity index (χ1n) is 12.2. The lowest BCUT2D eigenvalue weighted by atomic mass is 9.86. The van der Waals surface area contributed by atoms with Crippen molar-refractivity contribution in [3.05, 3.63) is 0 Å². The SMILES string of the molecule is CCOC(=O)/N=C(\NC(CC(C)(C)C)C(=O)NC1(C#N)CN(CC)C(C)(C)C1)N1CCOCC1. The van der Waals surface area contributed by atoms with Crippen LogP contribution < -0.4 is 10.6 Å². The molecule has 2 N–H and O–H groups in total. The first-order chi connectivity index (χ1) is 15.8. The second kappa shape index (κ2) is 11.4. The van der Waals surface area contributed by atoms with Crippen molar-refractivity contribution in [1.29, 1.82) is 5.26 Å². The lowest BCUT2D eigenvalue weighted by Gasteiger charge is -2.34. The third kappa shape index (κ3) is 7.57. The average Bonchev–Trinajstić information content (AvgIpc) is 3.02. The highest BCUT2D eigenvalue weighted by atomic mass is 16.5. The molecule has 2 fully saturated rings. The molecule has 2 atom stereocenters. The number of carbonyl (C=O) groups excluding carboxylic acids is 2. The van der Waals surface area contributed by atoms with Gasteiger partial charge in [-0.25, -0.2) is 4.79 Å². The summed E-state index contributed by atoms with van der Waals surface area (Å²) >= 11 is 0. The quantitative estimate of drug-likeness (QED) is 0.440. The van der Waals surface area contributed by atoms with Gasteiger partial charge in [0.1, 0.15) is 11.6 Å². The third-order valence-electron chi connectivity index (χ3n) is 6.22. The van der Waals surface area contributed by atoms with Crippen LogP contribution in [0.25, 0.3) is 0 Å². The largest absolute Gasteiger partial charge is 0.448 e. The van der Waals surface area contributed by atoms with Crippen molar-refractivity contribution < 1.29 is 19.1 Å². The summed E-state index contributed by atoms with van der Waals surface area (Å²) in [6, 6.07) is 1.68. The van der Waals surface area contributed by atoms with Crippen LogP contribution in [0.15, 0.2) is 4.99 Å². The summed E-state index contributed by atoms with van der Waals surface area (Å²) < 4.78 is 10.5. The average molecular weight is 479 g/mol. The summed E-state index contributed by atoms with van der Waals surface area (Å²) in [6.45, 7) is 17.6. The van der Waals surface area contributed by atoms with Gasteiger partial charge in [0, 0.05) is 31.6 Å². The summed E-state index contributed by atoms with van der Waals surface area (Å²) in [6.07, 6.45) is 0.301. The van der Waals surface area contributed by atoms with Gasteiger partial charge in [0.05, 0.1) is 25.9 Å². The van der Waals surface area contributed by atoms with Crippen LogP contribution in [-0.4, -0.2) is 90.9 Å². The fourth-order valence-electron chi connectivity index (χ4n) is 4.68. The normalized spacial score (nSPS) is 24.3. The Morgan fingerprint density at radius 3 is 2.38 bits per heavy atom. The van der Waals surface area contributed by atoms with E-state index < -0.39 is 17.7 Å². The molecule has 2 amide bonds. The van der Waals surface area contributed by atoms with Gasteiger partial charge in [-0.05, 0) is 39.2 Å². The molecule has 2 saturated heterocycles. The number of nitrogens with one attached hydrogen (secondary N) is 2. The number of nitriles is 1. The third-order valence-corrected chi connectivity index (χ3v) is 6.22. The topological polar surface area (TPSA) is 119 Å². The van der Waals surface area contributed by atoms with E-state index in [0.717, 1.165) is 6.54 Å². The lowest BCUT2D eigenvalue weighted by molar-refractivity contribution is -0.124.